The first-order valence-electron chi connectivity index (χ1n) is 9.23. The van der Waals surface area contributed by atoms with Crippen LogP contribution < -0.4 is 10.2 Å². The Hall–Kier alpha value is -3.67. The average molecular weight is 394 g/mol. The second-order valence-corrected chi connectivity index (χ2v) is 6.80. The molecule has 2 aromatic heterocycles. The van der Waals surface area contributed by atoms with Crippen LogP contribution in [0.4, 0.5) is 21.6 Å². The second kappa shape index (κ2) is 7.39. The van der Waals surface area contributed by atoms with Crippen LogP contribution in [0.15, 0.2) is 30.6 Å². The van der Waals surface area contributed by atoms with Gasteiger partial charge in [-0.2, -0.15) is 5.10 Å². The molecule has 0 saturated carbocycles. The highest BCUT2D eigenvalue weighted by Crippen LogP contribution is 2.33. The number of anilines is 2. The molecule has 2 bridgehead atoms. The van der Waals surface area contributed by atoms with Gasteiger partial charge in [-0.25, -0.2) is 23.5 Å². The molecule has 1 atom stereocenters. The second-order valence-electron chi connectivity index (χ2n) is 6.80. The Labute approximate surface area is 166 Å². The van der Waals surface area contributed by atoms with E-state index in [4.69, 9.17) is 11.3 Å². The fourth-order valence-electron chi connectivity index (χ4n) is 3.33. The molecule has 0 spiro atoms. The molecule has 29 heavy (non-hydrogen) atoms. The molecule has 4 rings (SSSR count). The number of rotatable bonds is 1. The zero-order chi connectivity index (χ0) is 20.5. The number of benzene rings is 1. The zero-order valence-electron chi connectivity index (χ0n) is 16.0. The smallest absolute Gasteiger partial charge is 0.343 e. The predicted molar refractivity (Wildman–Crippen MR) is 106 cm³/mol. The van der Waals surface area contributed by atoms with Crippen molar-refractivity contribution in [2.24, 2.45) is 0 Å². The summed E-state index contributed by atoms with van der Waals surface area (Å²) in [6.45, 7) is 12.2. The maximum Gasteiger partial charge on any atom is 0.343 e. The summed E-state index contributed by atoms with van der Waals surface area (Å²) in [5.41, 5.74) is 1.80. The molecule has 9 heteroatoms. The van der Waals surface area contributed by atoms with Gasteiger partial charge in [0.05, 0.1) is 18.8 Å². The lowest BCUT2D eigenvalue weighted by molar-refractivity contribution is 0.0496. The van der Waals surface area contributed by atoms with Crippen LogP contribution in [0, 0.1) is 12.4 Å². The molecular weight excluding hydrogens is 375 g/mol. The molecule has 1 aliphatic rings. The fourth-order valence-corrected chi connectivity index (χ4v) is 3.33. The minimum atomic E-state index is -0.568. The molecule has 0 saturated heterocycles. The van der Waals surface area contributed by atoms with Gasteiger partial charge in [-0.3, -0.25) is 0 Å². The lowest BCUT2D eigenvalue weighted by Crippen LogP contribution is -2.26. The molecule has 3 aromatic rings. The maximum atomic E-state index is 14.3. The molecule has 0 aliphatic carbocycles. The molecule has 3 heterocycles. The first-order chi connectivity index (χ1) is 14.0. The van der Waals surface area contributed by atoms with E-state index in [-0.39, 0.29) is 30.4 Å². The van der Waals surface area contributed by atoms with Crippen molar-refractivity contribution >= 4 is 28.8 Å². The Bertz CT molecular complexity index is 1140. The van der Waals surface area contributed by atoms with Gasteiger partial charge in [-0.05, 0) is 32.0 Å². The number of carbonyl (C=O) groups excluding carboxylic acids is 1. The molecule has 148 valence electrons. The van der Waals surface area contributed by atoms with Crippen molar-refractivity contribution in [3.05, 3.63) is 59.0 Å². The van der Waals surface area contributed by atoms with Crippen molar-refractivity contribution in [3.8, 4) is 0 Å². The molecule has 1 aromatic carbocycles. The van der Waals surface area contributed by atoms with E-state index in [1.54, 1.807) is 18.3 Å². The normalized spacial score (nSPS) is 16.8. The van der Waals surface area contributed by atoms with E-state index in [2.05, 4.69) is 20.2 Å². The summed E-state index contributed by atoms with van der Waals surface area (Å²) in [6.07, 6.45) is 3.14. The van der Waals surface area contributed by atoms with Gasteiger partial charge in [0.15, 0.2) is 5.65 Å². The van der Waals surface area contributed by atoms with Crippen LogP contribution in [0.2, 0.25) is 0 Å². The number of hydrogen-bond donors (Lipinski definition) is 1. The Balaban J connectivity index is 1.90. The number of nitrogens with zero attached hydrogens (tertiary/aromatic N) is 5. The third-order valence-electron chi connectivity index (χ3n) is 4.84. The van der Waals surface area contributed by atoms with Gasteiger partial charge in [-0.15, -0.1) is 0 Å². The number of nitrogens with one attached hydrogen (secondary N) is 1. The monoisotopic (exact) mass is 394 g/mol. The predicted octanol–water partition coefficient (Wildman–Crippen LogP) is 3.42. The number of esters is 1. The Kier molecular flexibility index (Phi) is 4.76. The van der Waals surface area contributed by atoms with Crippen LogP contribution in [-0.4, -0.2) is 39.8 Å². The van der Waals surface area contributed by atoms with Crippen LogP contribution in [0.3, 0.4) is 0 Å². The number of hydrogen-bond acceptors (Lipinski definition) is 6. The molecule has 8 nitrogen and oxygen atoms in total. The van der Waals surface area contributed by atoms with Crippen LogP contribution in [0.5, 0.6) is 0 Å². The van der Waals surface area contributed by atoms with Crippen LogP contribution >= 0.6 is 0 Å². The standard InChI is InChI=1S/C20H19FN6O2/c1-4-26-10-14-16(6-5-15(21)18(14)22-3)24-12(2)11-29-20(28)13-9-23-27-8-7-17(26)25-19(13)27/h5-9,12,24H,4,10-11H2,1-2H3/t12-/m0/s1. The van der Waals surface area contributed by atoms with Gasteiger partial charge >= 0.3 is 5.97 Å². The highest BCUT2D eigenvalue weighted by atomic mass is 19.1. The van der Waals surface area contributed by atoms with Crippen molar-refractivity contribution in [2.45, 2.75) is 26.4 Å². The Morgan fingerprint density at radius 2 is 2.24 bits per heavy atom. The third kappa shape index (κ3) is 3.33. The molecule has 0 fully saturated rings. The molecule has 0 amide bonds. The largest absolute Gasteiger partial charge is 0.460 e. The summed E-state index contributed by atoms with van der Waals surface area (Å²) in [4.78, 5) is 22.5. The van der Waals surface area contributed by atoms with Crippen LogP contribution in [-0.2, 0) is 11.3 Å². The quantitative estimate of drug-likeness (QED) is 0.504. The number of cyclic esters (lactones) is 1. The molecule has 1 N–H and O–H groups in total. The number of halogens is 1. The van der Waals surface area contributed by atoms with Gasteiger partial charge in [0, 0.05) is 30.5 Å². The van der Waals surface area contributed by atoms with E-state index < -0.39 is 11.8 Å². The van der Waals surface area contributed by atoms with Crippen LogP contribution in [0.25, 0.3) is 10.5 Å². The number of ether oxygens (including phenoxy) is 1. The molecule has 0 radical (unpaired) electrons. The van der Waals surface area contributed by atoms with Gasteiger partial charge in [-0.1, -0.05) is 0 Å². The summed E-state index contributed by atoms with van der Waals surface area (Å²) in [5, 5.41) is 7.39. The van der Waals surface area contributed by atoms with Crippen LogP contribution in [0.1, 0.15) is 29.8 Å². The van der Waals surface area contributed by atoms with Gasteiger partial charge in [0.25, 0.3) is 0 Å². The minimum absolute atomic E-state index is 0.0290. The summed E-state index contributed by atoms with van der Waals surface area (Å²) in [6, 6.07) is 4.40. The highest BCUT2D eigenvalue weighted by Gasteiger charge is 2.22. The van der Waals surface area contributed by atoms with E-state index in [0.717, 1.165) is 0 Å². The lowest BCUT2D eigenvalue weighted by Gasteiger charge is -2.25. The molecule has 1 aliphatic heterocycles. The number of aromatic nitrogens is 3. The lowest BCUT2D eigenvalue weighted by atomic mass is 10.1. The maximum absolute atomic E-state index is 14.3. The molecule has 0 unspecified atom stereocenters. The van der Waals surface area contributed by atoms with E-state index in [9.17, 15) is 9.18 Å². The van der Waals surface area contributed by atoms with E-state index in [1.165, 1.54) is 16.8 Å². The Morgan fingerprint density at radius 3 is 3.00 bits per heavy atom. The first kappa shape index (κ1) is 18.7. The topological polar surface area (TPSA) is 76.1 Å². The summed E-state index contributed by atoms with van der Waals surface area (Å²) in [5.74, 6) is -0.490. The minimum Gasteiger partial charge on any atom is -0.460 e. The summed E-state index contributed by atoms with van der Waals surface area (Å²) >= 11 is 0. The van der Waals surface area contributed by atoms with Crippen molar-refractivity contribution in [2.75, 3.05) is 23.4 Å². The number of fused-ring (bicyclic) bond motifs is 2. The summed E-state index contributed by atoms with van der Waals surface area (Å²) in [7, 11) is 0. The molecular formula is C20H19FN6O2. The van der Waals surface area contributed by atoms with E-state index in [1.807, 2.05) is 18.7 Å². The first-order valence-corrected chi connectivity index (χ1v) is 9.23. The highest BCUT2D eigenvalue weighted by molar-refractivity contribution is 5.95. The zero-order valence-corrected chi connectivity index (χ0v) is 16.0. The van der Waals surface area contributed by atoms with E-state index >= 15 is 0 Å². The van der Waals surface area contributed by atoms with Gasteiger partial charge in [0.2, 0.25) is 5.69 Å². The van der Waals surface area contributed by atoms with Gasteiger partial charge < -0.3 is 15.0 Å². The SMILES string of the molecule is [C-]#[N+]c1c(F)ccc2c1CN(CC)c1ccn3ncc(c3n1)C(=O)OC[C@H](C)N2. The van der Waals surface area contributed by atoms with E-state index in [0.29, 0.717) is 29.3 Å². The van der Waals surface area contributed by atoms with Crippen molar-refractivity contribution < 1.29 is 13.9 Å². The fraction of sp³-hybridized carbons (Fsp3) is 0.300. The third-order valence-corrected chi connectivity index (χ3v) is 4.84. The Morgan fingerprint density at radius 1 is 1.41 bits per heavy atom. The number of carbonyl (C=O) groups is 1. The van der Waals surface area contributed by atoms with Gasteiger partial charge in [0.1, 0.15) is 23.8 Å². The average Bonchev–Trinajstić information content (AvgIpc) is 3.14. The summed E-state index contributed by atoms with van der Waals surface area (Å²) < 4.78 is 21.3. The van der Waals surface area contributed by atoms with Crippen molar-refractivity contribution in [1.29, 1.82) is 0 Å². The van der Waals surface area contributed by atoms with Crippen molar-refractivity contribution in [1.82, 2.24) is 14.6 Å². The van der Waals surface area contributed by atoms with Crippen molar-refractivity contribution in [3.63, 3.8) is 0 Å².